The Hall–Kier alpha value is -2.53. The fourth-order valence-electron chi connectivity index (χ4n) is 3.09. The number of nitrogens with zero attached hydrogens (tertiary/aromatic N) is 2. The van der Waals surface area contributed by atoms with Crippen molar-refractivity contribution in [2.45, 2.75) is 13.8 Å². The fourth-order valence-corrected chi connectivity index (χ4v) is 3.25. The van der Waals surface area contributed by atoms with E-state index in [1.54, 1.807) is 24.3 Å². The molecule has 0 atom stereocenters. The molecule has 26 heavy (non-hydrogen) atoms. The molecule has 136 valence electrons. The lowest BCUT2D eigenvalue weighted by atomic mass is 10.1. The van der Waals surface area contributed by atoms with E-state index in [0.717, 1.165) is 23.8 Å². The number of rotatable bonds is 3. The molecule has 1 saturated heterocycles. The smallest absolute Gasteiger partial charge is 0.308 e. The Labute approximate surface area is 158 Å². The van der Waals surface area contributed by atoms with E-state index in [-0.39, 0.29) is 11.9 Å². The van der Waals surface area contributed by atoms with Crippen LogP contribution >= 0.6 is 11.6 Å². The van der Waals surface area contributed by atoms with Crippen molar-refractivity contribution in [2.75, 3.05) is 31.1 Å². The third-order valence-electron chi connectivity index (χ3n) is 4.44. The second-order valence-corrected chi connectivity index (χ2v) is 6.76. The van der Waals surface area contributed by atoms with E-state index in [0.29, 0.717) is 24.4 Å². The standard InChI is InChI=1S/C20H21ClN2O3/c1-14-3-6-17(21)13-19(14)22-9-11-23(12-10-22)20(25)16-4-7-18(8-5-16)26-15(2)24/h3-8,13H,9-12H2,1-2H3. The number of halogens is 1. The maximum Gasteiger partial charge on any atom is 0.308 e. The third kappa shape index (κ3) is 4.17. The Morgan fingerprint density at radius 1 is 1.00 bits per heavy atom. The van der Waals surface area contributed by atoms with Gasteiger partial charge in [0.25, 0.3) is 5.91 Å². The molecule has 0 N–H and O–H groups in total. The van der Waals surface area contributed by atoms with Crippen molar-refractivity contribution in [3.63, 3.8) is 0 Å². The number of aryl methyl sites for hydroxylation is 1. The fraction of sp³-hybridized carbons (Fsp3) is 0.300. The SMILES string of the molecule is CC(=O)Oc1ccc(C(=O)N2CCN(c3cc(Cl)ccc3C)CC2)cc1. The first-order valence-corrected chi connectivity index (χ1v) is 8.90. The maximum atomic E-state index is 12.7. The Morgan fingerprint density at radius 2 is 1.65 bits per heavy atom. The number of anilines is 1. The Balaban J connectivity index is 1.63. The average Bonchev–Trinajstić information content (AvgIpc) is 2.63. The van der Waals surface area contributed by atoms with Gasteiger partial charge in [-0.3, -0.25) is 9.59 Å². The molecule has 0 aliphatic carbocycles. The van der Waals surface area contributed by atoms with Crippen LogP contribution in [-0.2, 0) is 4.79 Å². The summed E-state index contributed by atoms with van der Waals surface area (Å²) in [5.41, 5.74) is 2.89. The van der Waals surface area contributed by atoms with Crippen molar-refractivity contribution in [1.82, 2.24) is 4.90 Å². The van der Waals surface area contributed by atoms with Crippen LogP contribution in [0.3, 0.4) is 0 Å². The first-order valence-electron chi connectivity index (χ1n) is 8.53. The third-order valence-corrected chi connectivity index (χ3v) is 4.68. The van der Waals surface area contributed by atoms with Crippen LogP contribution in [0.5, 0.6) is 5.75 Å². The summed E-state index contributed by atoms with van der Waals surface area (Å²) in [6, 6.07) is 12.5. The highest BCUT2D eigenvalue weighted by Gasteiger charge is 2.23. The number of carbonyl (C=O) groups is 2. The minimum absolute atomic E-state index is 0.0122. The monoisotopic (exact) mass is 372 g/mol. The zero-order valence-electron chi connectivity index (χ0n) is 14.9. The molecule has 0 bridgehead atoms. The van der Waals surface area contributed by atoms with Gasteiger partial charge in [0.15, 0.2) is 0 Å². The topological polar surface area (TPSA) is 49.9 Å². The molecule has 3 rings (SSSR count). The molecule has 2 aromatic carbocycles. The normalized spacial score (nSPS) is 14.3. The van der Waals surface area contributed by atoms with E-state index in [1.807, 2.05) is 23.1 Å². The average molecular weight is 373 g/mol. The Bertz CT molecular complexity index is 812. The highest BCUT2D eigenvalue weighted by Crippen LogP contribution is 2.25. The molecule has 1 aliphatic rings. The van der Waals surface area contributed by atoms with Crippen molar-refractivity contribution >= 4 is 29.2 Å². The summed E-state index contributed by atoms with van der Waals surface area (Å²) in [4.78, 5) is 27.7. The number of esters is 1. The molecule has 6 heteroatoms. The van der Waals surface area contributed by atoms with E-state index in [2.05, 4.69) is 11.8 Å². The van der Waals surface area contributed by atoms with Crippen LogP contribution in [0.15, 0.2) is 42.5 Å². The molecule has 1 amide bonds. The van der Waals surface area contributed by atoms with Gasteiger partial charge in [-0.1, -0.05) is 17.7 Å². The molecule has 0 aromatic heterocycles. The predicted molar refractivity (Wildman–Crippen MR) is 102 cm³/mol. The lowest BCUT2D eigenvalue weighted by molar-refractivity contribution is -0.131. The molecule has 2 aromatic rings. The molecule has 0 radical (unpaired) electrons. The summed E-state index contributed by atoms with van der Waals surface area (Å²) in [5.74, 6) is 0.0497. The molecule has 1 fully saturated rings. The van der Waals surface area contributed by atoms with Gasteiger partial charge in [-0.05, 0) is 48.9 Å². The number of benzene rings is 2. The molecule has 1 aliphatic heterocycles. The van der Waals surface area contributed by atoms with Crippen molar-refractivity contribution in [3.8, 4) is 5.75 Å². The predicted octanol–water partition coefficient (Wildman–Crippen LogP) is 3.54. The Kier molecular flexibility index (Phi) is 5.47. The van der Waals surface area contributed by atoms with E-state index in [9.17, 15) is 9.59 Å². The molecule has 0 spiro atoms. The summed E-state index contributed by atoms with van der Waals surface area (Å²) < 4.78 is 5.00. The van der Waals surface area contributed by atoms with Crippen LogP contribution in [0.25, 0.3) is 0 Å². The van der Waals surface area contributed by atoms with Gasteiger partial charge in [-0.25, -0.2) is 0 Å². The summed E-state index contributed by atoms with van der Waals surface area (Å²) in [6.45, 7) is 6.23. The van der Waals surface area contributed by atoms with E-state index < -0.39 is 0 Å². The highest BCUT2D eigenvalue weighted by molar-refractivity contribution is 6.30. The number of piperazine rings is 1. The van der Waals surface area contributed by atoms with Crippen molar-refractivity contribution in [3.05, 3.63) is 58.6 Å². The Morgan fingerprint density at radius 3 is 2.27 bits per heavy atom. The van der Waals surface area contributed by atoms with Gasteiger partial charge < -0.3 is 14.5 Å². The number of hydrogen-bond acceptors (Lipinski definition) is 4. The van der Waals surface area contributed by atoms with E-state index in [1.165, 1.54) is 12.5 Å². The molecule has 1 heterocycles. The number of carbonyl (C=O) groups excluding carboxylic acids is 2. The second-order valence-electron chi connectivity index (χ2n) is 6.33. The van der Waals surface area contributed by atoms with Crippen LogP contribution in [0.1, 0.15) is 22.8 Å². The van der Waals surface area contributed by atoms with Crippen LogP contribution in [-0.4, -0.2) is 43.0 Å². The van der Waals surface area contributed by atoms with Crippen LogP contribution in [0.4, 0.5) is 5.69 Å². The van der Waals surface area contributed by atoms with Crippen LogP contribution < -0.4 is 9.64 Å². The number of hydrogen-bond donors (Lipinski definition) is 0. The minimum atomic E-state index is -0.378. The minimum Gasteiger partial charge on any atom is -0.427 e. The summed E-state index contributed by atoms with van der Waals surface area (Å²) in [6.07, 6.45) is 0. The van der Waals surface area contributed by atoms with Crippen molar-refractivity contribution < 1.29 is 14.3 Å². The largest absolute Gasteiger partial charge is 0.427 e. The quantitative estimate of drug-likeness (QED) is 0.611. The van der Waals surface area contributed by atoms with Crippen molar-refractivity contribution in [1.29, 1.82) is 0 Å². The van der Waals surface area contributed by atoms with E-state index >= 15 is 0 Å². The molecule has 5 nitrogen and oxygen atoms in total. The van der Waals surface area contributed by atoms with Gasteiger partial charge in [-0.15, -0.1) is 0 Å². The van der Waals surface area contributed by atoms with E-state index in [4.69, 9.17) is 16.3 Å². The zero-order valence-corrected chi connectivity index (χ0v) is 15.6. The summed E-state index contributed by atoms with van der Waals surface area (Å²) in [7, 11) is 0. The summed E-state index contributed by atoms with van der Waals surface area (Å²) in [5, 5.41) is 0.719. The van der Waals surface area contributed by atoms with Crippen LogP contribution in [0.2, 0.25) is 5.02 Å². The van der Waals surface area contributed by atoms with Gasteiger partial charge in [0, 0.05) is 49.4 Å². The molecule has 0 unspecified atom stereocenters. The van der Waals surface area contributed by atoms with Gasteiger partial charge in [0.2, 0.25) is 0 Å². The summed E-state index contributed by atoms with van der Waals surface area (Å²) >= 11 is 6.12. The van der Waals surface area contributed by atoms with Gasteiger partial charge in [0.05, 0.1) is 0 Å². The molecular formula is C20H21ClN2O3. The second kappa shape index (κ2) is 7.79. The zero-order chi connectivity index (χ0) is 18.7. The van der Waals surface area contributed by atoms with Gasteiger partial charge in [0.1, 0.15) is 5.75 Å². The lowest BCUT2D eigenvalue weighted by Gasteiger charge is -2.37. The highest BCUT2D eigenvalue weighted by atomic mass is 35.5. The molecular weight excluding hydrogens is 352 g/mol. The first kappa shape index (κ1) is 18.3. The lowest BCUT2D eigenvalue weighted by Crippen LogP contribution is -2.49. The number of amides is 1. The van der Waals surface area contributed by atoms with Gasteiger partial charge in [-0.2, -0.15) is 0 Å². The van der Waals surface area contributed by atoms with Crippen LogP contribution in [0, 0.1) is 6.92 Å². The molecule has 0 saturated carbocycles. The van der Waals surface area contributed by atoms with Gasteiger partial charge >= 0.3 is 5.97 Å². The maximum absolute atomic E-state index is 12.7. The number of ether oxygens (including phenoxy) is 1. The first-order chi connectivity index (χ1) is 12.4. The van der Waals surface area contributed by atoms with Crippen molar-refractivity contribution in [2.24, 2.45) is 0 Å².